The molecule has 2 amide bonds. The van der Waals surface area contributed by atoms with Gasteiger partial charge in [-0.05, 0) is 45.4 Å². The maximum atomic E-state index is 12.5. The molecule has 1 aliphatic heterocycles. The molecule has 2 aliphatic rings. The van der Waals surface area contributed by atoms with Gasteiger partial charge in [-0.3, -0.25) is 4.79 Å². The molecule has 0 bridgehead atoms. The van der Waals surface area contributed by atoms with Crippen LogP contribution in [0.5, 0.6) is 0 Å². The normalized spacial score (nSPS) is 26.8. The summed E-state index contributed by atoms with van der Waals surface area (Å²) in [4.78, 5) is 25.3. The number of hydrogen-bond acceptors (Lipinski definition) is 2. The van der Waals surface area contributed by atoms with Crippen molar-refractivity contribution < 1.29 is 14.7 Å². The summed E-state index contributed by atoms with van der Waals surface area (Å²) in [5.41, 5.74) is -0.704. The Hall–Kier alpha value is -1.26. The average Bonchev–Trinajstić information content (AvgIpc) is 2.35. The van der Waals surface area contributed by atoms with Crippen LogP contribution in [0, 0.1) is 5.92 Å². The summed E-state index contributed by atoms with van der Waals surface area (Å²) in [5, 5.41) is 11.8. The molecule has 0 aromatic carbocycles. The van der Waals surface area contributed by atoms with Gasteiger partial charge >= 0.3 is 12.0 Å². The lowest BCUT2D eigenvalue weighted by molar-refractivity contribution is -0.138. The highest BCUT2D eigenvalue weighted by Gasteiger charge is 2.37. The maximum absolute atomic E-state index is 12.5. The zero-order valence-corrected chi connectivity index (χ0v) is 12.5. The third-order valence-corrected chi connectivity index (χ3v) is 4.54. The fraction of sp³-hybridized carbons (Fsp3) is 0.867. The summed E-state index contributed by atoms with van der Waals surface area (Å²) < 4.78 is 0. The lowest BCUT2D eigenvalue weighted by atomic mass is 9.78. The average molecular weight is 282 g/mol. The van der Waals surface area contributed by atoms with Crippen molar-refractivity contribution in [2.24, 2.45) is 5.92 Å². The van der Waals surface area contributed by atoms with Crippen molar-refractivity contribution in [1.82, 2.24) is 10.2 Å². The second-order valence-corrected chi connectivity index (χ2v) is 6.83. The highest BCUT2D eigenvalue weighted by atomic mass is 16.4. The minimum atomic E-state index is -0.885. The Morgan fingerprint density at radius 3 is 2.55 bits per heavy atom. The molecule has 0 spiro atoms. The van der Waals surface area contributed by atoms with Gasteiger partial charge in [0.05, 0.1) is 6.42 Å². The Balaban J connectivity index is 1.98. The number of nitrogens with one attached hydrogen (secondary N) is 1. The highest BCUT2D eigenvalue weighted by molar-refractivity contribution is 5.77. The molecule has 2 atom stereocenters. The monoisotopic (exact) mass is 282 g/mol. The van der Waals surface area contributed by atoms with Crippen molar-refractivity contribution in [1.29, 1.82) is 0 Å². The van der Waals surface area contributed by atoms with Crippen LogP contribution in [0.25, 0.3) is 0 Å². The van der Waals surface area contributed by atoms with E-state index in [1.807, 2.05) is 4.90 Å². The van der Waals surface area contributed by atoms with Gasteiger partial charge < -0.3 is 15.3 Å². The van der Waals surface area contributed by atoms with Crippen LogP contribution in [0.3, 0.4) is 0 Å². The highest BCUT2D eigenvalue weighted by Crippen LogP contribution is 2.35. The number of carboxylic acids is 1. The number of carbonyl (C=O) groups is 2. The summed E-state index contributed by atoms with van der Waals surface area (Å²) in [7, 11) is 0. The molecule has 2 unspecified atom stereocenters. The zero-order chi connectivity index (χ0) is 14.8. The van der Waals surface area contributed by atoms with Crippen molar-refractivity contribution in [3.63, 3.8) is 0 Å². The van der Waals surface area contributed by atoms with Gasteiger partial charge in [-0.1, -0.05) is 12.8 Å². The number of fused-ring (bicyclic) bond motifs is 1. The van der Waals surface area contributed by atoms with Crippen LogP contribution in [0.15, 0.2) is 0 Å². The van der Waals surface area contributed by atoms with Crippen LogP contribution in [-0.2, 0) is 4.79 Å². The van der Waals surface area contributed by atoms with E-state index >= 15 is 0 Å². The van der Waals surface area contributed by atoms with Gasteiger partial charge in [0.2, 0.25) is 0 Å². The van der Waals surface area contributed by atoms with Crippen LogP contribution in [-0.4, -0.2) is 40.1 Å². The fourth-order valence-corrected chi connectivity index (χ4v) is 3.66. The first-order valence-electron chi connectivity index (χ1n) is 7.70. The van der Waals surface area contributed by atoms with Crippen LogP contribution in [0.2, 0.25) is 0 Å². The Labute approximate surface area is 120 Å². The van der Waals surface area contributed by atoms with Gasteiger partial charge in [0, 0.05) is 18.1 Å². The SMILES string of the molecule is CC(C)(CC(=O)O)NC(=O)N1CCCC2CCCCC21. The van der Waals surface area contributed by atoms with Crippen molar-refractivity contribution in [3.05, 3.63) is 0 Å². The molecule has 1 saturated heterocycles. The predicted octanol–water partition coefficient (Wildman–Crippen LogP) is 2.60. The van der Waals surface area contributed by atoms with Gasteiger partial charge in [-0.15, -0.1) is 0 Å². The number of nitrogens with zero attached hydrogens (tertiary/aromatic N) is 1. The Morgan fingerprint density at radius 1 is 1.20 bits per heavy atom. The molecule has 1 aliphatic carbocycles. The molecule has 0 aromatic heterocycles. The van der Waals surface area contributed by atoms with Crippen molar-refractivity contribution >= 4 is 12.0 Å². The number of rotatable bonds is 3. The second kappa shape index (κ2) is 6.02. The van der Waals surface area contributed by atoms with Crippen molar-refractivity contribution in [2.45, 2.75) is 70.4 Å². The number of amides is 2. The van der Waals surface area contributed by atoms with E-state index in [1.54, 1.807) is 13.8 Å². The number of carbonyl (C=O) groups excluding carboxylic acids is 1. The molecule has 1 saturated carbocycles. The van der Waals surface area contributed by atoms with E-state index in [4.69, 9.17) is 5.11 Å². The third kappa shape index (κ3) is 3.64. The molecule has 0 radical (unpaired) electrons. The first-order chi connectivity index (χ1) is 9.39. The molecular formula is C15H26N2O3. The van der Waals surface area contributed by atoms with Crippen LogP contribution < -0.4 is 5.32 Å². The molecule has 5 heteroatoms. The molecular weight excluding hydrogens is 256 g/mol. The van der Waals surface area contributed by atoms with Crippen LogP contribution in [0.4, 0.5) is 4.79 Å². The van der Waals surface area contributed by atoms with E-state index in [2.05, 4.69) is 5.32 Å². The fourth-order valence-electron chi connectivity index (χ4n) is 3.66. The van der Waals surface area contributed by atoms with Crippen LogP contribution in [0.1, 0.15) is 58.8 Å². The molecule has 20 heavy (non-hydrogen) atoms. The van der Waals surface area contributed by atoms with Gasteiger partial charge in [0.1, 0.15) is 0 Å². The van der Waals surface area contributed by atoms with E-state index in [1.165, 1.54) is 25.7 Å². The number of likely N-dealkylation sites (tertiary alicyclic amines) is 1. The van der Waals surface area contributed by atoms with Gasteiger partial charge in [0.15, 0.2) is 0 Å². The van der Waals surface area contributed by atoms with E-state index in [9.17, 15) is 9.59 Å². The number of aliphatic carboxylic acids is 1. The standard InChI is InChI=1S/C15H26N2O3/c1-15(2,10-13(18)19)16-14(20)17-9-5-7-11-6-3-4-8-12(11)17/h11-12H,3-10H2,1-2H3,(H,16,20)(H,18,19). The summed E-state index contributed by atoms with van der Waals surface area (Å²) >= 11 is 0. The second-order valence-electron chi connectivity index (χ2n) is 6.83. The lowest BCUT2D eigenvalue weighted by Crippen LogP contribution is -2.57. The summed E-state index contributed by atoms with van der Waals surface area (Å²) in [6.45, 7) is 4.33. The molecule has 1 heterocycles. The van der Waals surface area contributed by atoms with E-state index in [0.717, 1.165) is 19.4 Å². The lowest BCUT2D eigenvalue weighted by Gasteiger charge is -2.45. The number of hydrogen-bond donors (Lipinski definition) is 2. The minimum Gasteiger partial charge on any atom is -0.481 e. The molecule has 114 valence electrons. The van der Waals surface area contributed by atoms with Crippen LogP contribution >= 0.6 is 0 Å². The summed E-state index contributed by atoms with van der Waals surface area (Å²) in [6.07, 6.45) is 7.04. The van der Waals surface area contributed by atoms with E-state index in [0.29, 0.717) is 12.0 Å². The van der Waals surface area contributed by atoms with Gasteiger partial charge in [-0.25, -0.2) is 4.79 Å². The largest absolute Gasteiger partial charge is 0.481 e. The number of carboxylic acid groups (broad SMARTS) is 1. The van der Waals surface area contributed by atoms with Crippen molar-refractivity contribution in [2.75, 3.05) is 6.54 Å². The number of piperidine rings is 1. The Kier molecular flexibility index (Phi) is 4.55. The molecule has 2 rings (SSSR count). The smallest absolute Gasteiger partial charge is 0.318 e. The topological polar surface area (TPSA) is 69.6 Å². The maximum Gasteiger partial charge on any atom is 0.318 e. The predicted molar refractivity (Wildman–Crippen MR) is 76.5 cm³/mol. The first-order valence-corrected chi connectivity index (χ1v) is 7.70. The molecule has 5 nitrogen and oxygen atoms in total. The summed E-state index contributed by atoms with van der Waals surface area (Å²) in [6, 6.07) is 0.269. The number of urea groups is 1. The zero-order valence-electron chi connectivity index (χ0n) is 12.5. The molecule has 2 N–H and O–H groups in total. The molecule has 0 aromatic rings. The van der Waals surface area contributed by atoms with Crippen molar-refractivity contribution in [3.8, 4) is 0 Å². The molecule has 2 fully saturated rings. The quantitative estimate of drug-likeness (QED) is 0.836. The third-order valence-electron chi connectivity index (χ3n) is 4.54. The van der Waals surface area contributed by atoms with E-state index in [-0.39, 0.29) is 12.5 Å². The van der Waals surface area contributed by atoms with Gasteiger partial charge in [0.25, 0.3) is 0 Å². The van der Waals surface area contributed by atoms with E-state index < -0.39 is 11.5 Å². The Bertz CT molecular complexity index is 379. The summed E-state index contributed by atoms with van der Waals surface area (Å²) in [5.74, 6) is -0.240. The van der Waals surface area contributed by atoms with Gasteiger partial charge in [-0.2, -0.15) is 0 Å². The minimum absolute atomic E-state index is 0.0549. The first kappa shape index (κ1) is 15.1. The Morgan fingerprint density at radius 2 is 1.85 bits per heavy atom.